The zero-order chi connectivity index (χ0) is 20.1. The minimum Gasteiger partial charge on any atom is -0.312 e. The number of carbonyl (C=O) groups excluding carboxylic acids is 1. The van der Waals surface area contributed by atoms with Crippen molar-refractivity contribution in [1.29, 1.82) is 0 Å². The predicted octanol–water partition coefficient (Wildman–Crippen LogP) is 3.54. The van der Waals surface area contributed by atoms with Crippen molar-refractivity contribution in [1.82, 2.24) is 20.2 Å². The summed E-state index contributed by atoms with van der Waals surface area (Å²) in [4.78, 5) is 12.2. The molecule has 1 heterocycles. The first-order chi connectivity index (χ1) is 13.4. The Bertz CT molecular complexity index is 1020. The molecule has 144 valence electrons. The molecule has 0 radical (unpaired) electrons. The predicted molar refractivity (Wildman–Crippen MR) is 103 cm³/mol. The quantitative estimate of drug-likeness (QED) is 0.390. The fourth-order valence-electron chi connectivity index (χ4n) is 2.29. The normalized spacial score (nSPS) is 11.5. The second-order valence-corrected chi connectivity index (χ2v) is 6.92. The summed E-state index contributed by atoms with van der Waals surface area (Å²) in [5.41, 5.74) is 4.64. The summed E-state index contributed by atoms with van der Waals surface area (Å²) in [6.45, 7) is 1.60. The molecule has 0 spiro atoms. The number of thioether (sulfide) groups is 1. The topological polar surface area (TPSA) is 72.2 Å². The summed E-state index contributed by atoms with van der Waals surface area (Å²) in [6, 6.07) is 10.5. The maximum atomic E-state index is 13.3. The van der Waals surface area contributed by atoms with E-state index in [1.54, 1.807) is 37.1 Å². The number of hydrogen-bond donors (Lipinski definition) is 1. The Labute approximate surface area is 164 Å². The summed E-state index contributed by atoms with van der Waals surface area (Å²) < 4.78 is 28.1. The first-order valence-electron chi connectivity index (χ1n) is 8.30. The highest BCUT2D eigenvalue weighted by atomic mass is 32.2. The standard InChI is InChI=1S/C19H17F2N5OS/c1-12(15-7-8-16(20)17(21)9-15)23-24-18(27)14-5-3-13(4-6-14)10-28-19-25-22-11-26(19)2/h3-9,11H,10H2,1-2H3,(H,24,27)/b23-12-. The van der Waals surface area contributed by atoms with E-state index in [0.717, 1.165) is 22.9 Å². The van der Waals surface area contributed by atoms with Gasteiger partial charge in [0.1, 0.15) is 6.33 Å². The number of hydrogen-bond acceptors (Lipinski definition) is 5. The van der Waals surface area contributed by atoms with Crippen LogP contribution < -0.4 is 5.43 Å². The molecule has 1 N–H and O–H groups in total. The molecule has 0 saturated carbocycles. The Morgan fingerprint density at radius 3 is 2.50 bits per heavy atom. The summed E-state index contributed by atoms with van der Waals surface area (Å²) in [6.07, 6.45) is 1.64. The second kappa shape index (κ2) is 8.75. The molecule has 1 aromatic heterocycles. The van der Waals surface area contributed by atoms with Gasteiger partial charge in [-0.3, -0.25) is 4.79 Å². The maximum absolute atomic E-state index is 13.3. The molecule has 3 aromatic rings. The number of nitrogens with zero attached hydrogens (tertiary/aromatic N) is 4. The molecule has 1 amide bonds. The molecule has 0 saturated heterocycles. The Hall–Kier alpha value is -3.07. The average molecular weight is 401 g/mol. The molecular formula is C19H17F2N5OS. The maximum Gasteiger partial charge on any atom is 0.271 e. The Morgan fingerprint density at radius 1 is 1.14 bits per heavy atom. The van der Waals surface area contributed by atoms with Crippen LogP contribution in [0.15, 0.2) is 59.0 Å². The summed E-state index contributed by atoms with van der Waals surface area (Å²) in [5.74, 6) is -1.59. The van der Waals surface area contributed by atoms with Gasteiger partial charge >= 0.3 is 0 Å². The van der Waals surface area contributed by atoms with Crippen LogP contribution in [0.2, 0.25) is 0 Å². The summed E-state index contributed by atoms with van der Waals surface area (Å²) in [5, 5.41) is 12.6. The fraction of sp³-hybridized carbons (Fsp3) is 0.158. The van der Waals surface area contributed by atoms with Gasteiger partial charge in [0.05, 0.1) is 5.71 Å². The van der Waals surface area contributed by atoms with Gasteiger partial charge in [-0.15, -0.1) is 10.2 Å². The molecule has 0 aliphatic carbocycles. The highest BCUT2D eigenvalue weighted by molar-refractivity contribution is 7.98. The van der Waals surface area contributed by atoms with Crippen LogP contribution in [0.1, 0.15) is 28.4 Å². The minimum atomic E-state index is -0.965. The van der Waals surface area contributed by atoms with Crippen molar-refractivity contribution in [2.75, 3.05) is 0 Å². The molecule has 3 rings (SSSR count). The molecule has 0 atom stereocenters. The van der Waals surface area contributed by atoms with Crippen LogP contribution in [0.25, 0.3) is 0 Å². The first kappa shape index (κ1) is 19.7. The first-order valence-corrected chi connectivity index (χ1v) is 9.28. The molecule has 6 nitrogen and oxygen atoms in total. The van der Waals surface area contributed by atoms with Crippen LogP contribution in [0.4, 0.5) is 8.78 Å². The van der Waals surface area contributed by atoms with Crippen molar-refractivity contribution in [3.05, 3.63) is 77.1 Å². The molecule has 0 unspecified atom stereocenters. The van der Waals surface area contributed by atoms with E-state index in [9.17, 15) is 13.6 Å². The Balaban J connectivity index is 1.59. The van der Waals surface area contributed by atoms with Crippen LogP contribution in [0.3, 0.4) is 0 Å². The number of halogens is 2. The van der Waals surface area contributed by atoms with Gasteiger partial charge in [0.2, 0.25) is 0 Å². The van der Waals surface area contributed by atoms with Crippen LogP contribution >= 0.6 is 11.8 Å². The van der Waals surface area contributed by atoms with Crippen molar-refractivity contribution in [2.24, 2.45) is 12.1 Å². The van der Waals surface area contributed by atoms with E-state index in [0.29, 0.717) is 22.6 Å². The van der Waals surface area contributed by atoms with E-state index in [1.807, 2.05) is 23.7 Å². The van der Waals surface area contributed by atoms with Crippen molar-refractivity contribution in [2.45, 2.75) is 17.8 Å². The number of benzene rings is 2. The molecule has 2 aromatic carbocycles. The molecular weight excluding hydrogens is 384 g/mol. The zero-order valence-electron chi connectivity index (χ0n) is 15.2. The smallest absolute Gasteiger partial charge is 0.271 e. The van der Waals surface area contributed by atoms with Gasteiger partial charge in [0.15, 0.2) is 16.8 Å². The monoisotopic (exact) mass is 401 g/mol. The molecule has 28 heavy (non-hydrogen) atoms. The third-order valence-electron chi connectivity index (χ3n) is 3.92. The molecule has 9 heteroatoms. The largest absolute Gasteiger partial charge is 0.312 e. The van der Waals surface area contributed by atoms with E-state index in [2.05, 4.69) is 20.7 Å². The third-order valence-corrected chi connectivity index (χ3v) is 5.02. The number of aryl methyl sites for hydroxylation is 1. The van der Waals surface area contributed by atoms with E-state index < -0.39 is 17.5 Å². The molecule has 0 aliphatic rings. The van der Waals surface area contributed by atoms with Gasteiger partial charge in [0.25, 0.3) is 5.91 Å². The van der Waals surface area contributed by atoms with Crippen molar-refractivity contribution < 1.29 is 13.6 Å². The number of hydrazone groups is 1. The van der Waals surface area contributed by atoms with Crippen LogP contribution in [-0.2, 0) is 12.8 Å². The van der Waals surface area contributed by atoms with Crippen LogP contribution in [0, 0.1) is 11.6 Å². The number of carbonyl (C=O) groups is 1. The minimum absolute atomic E-state index is 0.365. The lowest BCUT2D eigenvalue weighted by atomic mass is 10.1. The molecule has 0 fully saturated rings. The van der Waals surface area contributed by atoms with Gasteiger partial charge in [0, 0.05) is 23.9 Å². The summed E-state index contributed by atoms with van der Waals surface area (Å²) in [7, 11) is 1.87. The van der Waals surface area contributed by atoms with Crippen LogP contribution in [0.5, 0.6) is 0 Å². The number of rotatable bonds is 6. The highest BCUT2D eigenvalue weighted by Gasteiger charge is 2.08. The average Bonchev–Trinajstić information content (AvgIpc) is 3.11. The van der Waals surface area contributed by atoms with Gasteiger partial charge in [-0.25, -0.2) is 14.2 Å². The molecule has 0 bridgehead atoms. The lowest BCUT2D eigenvalue weighted by molar-refractivity contribution is 0.0955. The van der Waals surface area contributed by atoms with Gasteiger partial charge in [-0.2, -0.15) is 5.10 Å². The van der Waals surface area contributed by atoms with Crippen molar-refractivity contribution >= 4 is 23.4 Å². The molecule has 0 aliphatic heterocycles. The van der Waals surface area contributed by atoms with E-state index in [-0.39, 0.29) is 0 Å². The fourth-order valence-corrected chi connectivity index (χ4v) is 3.13. The third kappa shape index (κ3) is 4.80. The second-order valence-electron chi connectivity index (χ2n) is 5.98. The van der Waals surface area contributed by atoms with E-state index in [1.165, 1.54) is 6.07 Å². The van der Waals surface area contributed by atoms with E-state index >= 15 is 0 Å². The van der Waals surface area contributed by atoms with Crippen molar-refractivity contribution in [3.8, 4) is 0 Å². The van der Waals surface area contributed by atoms with Gasteiger partial charge < -0.3 is 4.57 Å². The summed E-state index contributed by atoms with van der Waals surface area (Å²) >= 11 is 1.54. The highest BCUT2D eigenvalue weighted by Crippen LogP contribution is 2.20. The van der Waals surface area contributed by atoms with Gasteiger partial charge in [-0.1, -0.05) is 23.9 Å². The Kier molecular flexibility index (Phi) is 6.15. The number of nitrogens with one attached hydrogen (secondary N) is 1. The number of aromatic nitrogens is 3. The van der Waals surface area contributed by atoms with Crippen molar-refractivity contribution in [3.63, 3.8) is 0 Å². The number of amides is 1. The lowest BCUT2D eigenvalue weighted by Gasteiger charge is -2.05. The SMILES string of the molecule is C/C(=N/NC(=O)c1ccc(CSc2nncn2C)cc1)c1ccc(F)c(F)c1. The van der Waals surface area contributed by atoms with Gasteiger partial charge in [-0.05, 0) is 42.8 Å². The lowest BCUT2D eigenvalue weighted by Crippen LogP contribution is -2.19. The zero-order valence-corrected chi connectivity index (χ0v) is 16.0. The Morgan fingerprint density at radius 2 is 1.86 bits per heavy atom. The van der Waals surface area contributed by atoms with Crippen LogP contribution in [-0.4, -0.2) is 26.4 Å². The van der Waals surface area contributed by atoms with E-state index in [4.69, 9.17) is 0 Å².